The minimum Gasteiger partial charge on any atom is -0.378 e. The van der Waals surface area contributed by atoms with Crippen LogP contribution in [0.2, 0.25) is 0 Å². The van der Waals surface area contributed by atoms with E-state index in [1.165, 1.54) is 0 Å². The fourth-order valence-electron chi connectivity index (χ4n) is 0.294. The molecule has 1 atom stereocenters. The third-order valence-corrected chi connectivity index (χ3v) is 1.39. The normalized spacial score (nSPS) is 12.6. The second-order valence-electron chi connectivity index (χ2n) is 1.43. The standard InChI is InChI=1S/C5H9NOS/c1-8-3-2-5(7)4-6/h5,7H,2-3H2,1H3. The van der Waals surface area contributed by atoms with E-state index < -0.39 is 6.10 Å². The van der Waals surface area contributed by atoms with Gasteiger partial charge in [0, 0.05) is 0 Å². The Balaban J connectivity index is 3.02. The van der Waals surface area contributed by atoms with Gasteiger partial charge in [-0.15, -0.1) is 0 Å². The Morgan fingerprint density at radius 1 is 1.88 bits per heavy atom. The van der Waals surface area contributed by atoms with Crippen molar-refractivity contribution in [3.63, 3.8) is 0 Å². The van der Waals surface area contributed by atoms with Crippen LogP contribution in [0.1, 0.15) is 6.42 Å². The Morgan fingerprint density at radius 3 is 2.88 bits per heavy atom. The SMILES string of the molecule is CSCCC(O)C#N. The number of hydrogen-bond acceptors (Lipinski definition) is 3. The number of thioether (sulfide) groups is 1. The molecule has 46 valence electrons. The molecule has 0 fully saturated rings. The highest BCUT2D eigenvalue weighted by Gasteiger charge is 1.97. The van der Waals surface area contributed by atoms with Crippen LogP contribution in [0.5, 0.6) is 0 Å². The minimum absolute atomic E-state index is 0.581. The van der Waals surface area contributed by atoms with Crippen LogP contribution in [0.25, 0.3) is 0 Å². The first-order chi connectivity index (χ1) is 3.81. The van der Waals surface area contributed by atoms with Crippen LogP contribution >= 0.6 is 11.8 Å². The third kappa shape index (κ3) is 3.97. The van der Waals surface area contributed by atoms with Crippen molar-refractivity contribution in [2.24, 2.45) is 0 Å². The zero-order chi connectivity index (χ0) is 6.41. The van der Waals surface area contributed by atoms with Crippen LogP contribution in [0.4, 0.5) is 0 Å². The average molecular weight is 131 g/mol. The molecule has 2 nitrogen and oxygen atoms in total. The Labute approximate surface area is 53.5 Å². The highest BCUT2D eigenvalue weighted by atomic mass is 32.2. The highest BCUT2D eigenvalue weighted by Crippen LogP contribution is 1.98. The topological polar surface area (TPSA) is 44.0 Å². The Kier molecular flexibility index (Phi) is 4.82. The fourth-order valence-corrected chi connectivity index (χ4v) is 0.753. The maximum absolute atomic E-state index is 8.61. The molecule has 0 radical (unpaired) electrons. The first-order valence-electron chi connectivity index (χ1n) is 2.38. The van der Waals surface area contributed by atoms with Gasteiger partial charge in [0.05, 0.1) is 6.07 Å². The van der Waals surface area contributed by atoms with Gasteiger partial charge in [0.1, 0.15) is 6.10 Å². The zero-order valence-corrected chi connectivity index (χ0v) is 5.61. The molecule has 0 aromatic rings. The minimum atomic E-state index is -0.762. The Bertz CT molecular complexity index is 88.9. The molecular weight excluding hydrogens is 122 g/mol. The number of aliphatic hydroxyl groups is 1. The molecule has 0 saturated carbocycles. The van der Waals surface area contributed by atoms with Crippen LogP contribution in [-0.4, -0.2) is 23.2 Å². The molecule has 0 aliphatic carbocycles. The lowest BCUT2D eigenvalue weighted by Crippen LogP contribution is -2.02. The van der Waals surface area contributed by atoms with Crippen molar-refractivity contribution in [1.82, 2.24) is 0 Å². The van der Waals surface area contributed by atoms with Crippen molar-refractivity contribution < 1.29 is 5.11 Å². The molecule has 0 aliphatic heterocycles. The van der Waals surface area contributed by atoms with E-state index >= 15 is 0 Å². The van der Waals surface area contributed by atoms with Crippen molar-refractivity contribution in [2.75, 3.05) is 12.0 Å². The summed E-state index contributed by atoms with van der Waals surface area (Å²) in [7, 11) is 0. The molecule has 0 saturated heterocycles. The van der Waals surface area contributed by atoms with Gasteiger partial charge in [0.25, 0.3) is 0 Å². The van der Waals surface area contributed by atoms with E-state index in [2.05, 4.69) is 0 Å². The second kappa shape index (κ2) is 4.95. The lowest BCUT2D eigenvalue weighted by Gasteiger charge is -1.95. The molecule has 0 bridgehead atoms. The lowest BCUT2D eigenvalue weighted by molar-refractivity contribution is 0.227. The number of aliphatic hydroxyl groups excluding tert-OH is 1. The summed E-state index contributed by atoms with van der Waals surface area (Å²) in [5.41, 5.74) is 0. The first-order valence-corrected chi connectivity index (χ1v) is 3.77. The summed E-state index contributed by atoms with van der Waals surface area (Å²) in [5.74, 6) is 0.856. The van der Waals surface area contributed by atoms with E-state index in [9.17, 15) is 0 Å². The highest BCUT2D eigenvalue weighted by molar-refractivity contribution is 7.98. The zero-order valence-electron chi connectivity index (χ0n) is 4.79. The largest absolute Gasteiger partial charge is 0.378 e. The monoisotopic (exact) mass is 131 g/mol. The van der Waals surface area contributed by atoms with E-state index in [4.69, 9.17) is 10.4 Å². The predicted molar refractivity (Wildman–Crippen MR) is 34.6 cm³/mol. The summed E-state index contributed by atoms with van der Waals surface area (Å²) >= 11 is 1.63. The predicted octanol–water partition coefficient (Wildman–Crippen LogP) is 0.624. The molecule has 0 aromatic heterocycles. The Morgan fingerprint density at radius 2 is 2.50 bits per heavy atom. The molecular formula is C5H9NOS. The fraction of sp³-hybridized carbons (Fsp3) is 0.800. The first kappa shape index (κ1) is 7.80. The van der Waals surface area contributed by atoms with E-state index in [1.807, 2.05) is 6.26 Å². The van der Waals surface area contributed by atoms with Gasteiger partial charge >= 0.3 is 0 Å². The van der Waals surface area contributed by atoms with Crippen molar-refractivity contribution in [3.05, 3.63) is 0 Å². The number of rotatable bonds is 3. The number of hydrogen-bond donors (Lipinski definition) is 1. The maximum atomic E-state index is 8.61. The molecule has 0 rings (SSSR count). The number of nitriles is 1. The smallest absolute Gasteiger partial charge is 0.141 e. The van der Waals surface area contributed by atoms with Crippen LogP contribution < -0.4 is 0 Å². The van der Waals surface area contributed by atoms with E-state index in [0.717, 1.165) is 5.75 Å². The maximum Gasteiger partial charge on any atom is 0.141 e. The van der Waals surface area contributed by atoms with Crippen molar-refractivity contribution in [3.8, 4) is 6.07 Å². The summed E-state index contributed by atoms with van der Waals surface area (Å²) < 4.78 is 0. The van der Waals surface area contributed by atoms with E-state index in [0.29, 0.717) is 6.42 Å². The summed E-state index contributed by atoms with van der Waals surface area (Å²) in [6, 6.07) is 1.74. The summed E-state index contributed by atoms with van der Waals surface area (Å²) in [4.78, 5) is 0. The van der Waals surface area contributed by atoms with E-state index in [1.54, 1.807) is 17.8 Å². The van der Waals surface area contributed by atoms with Gasteiger partial charge in [-0.2, -0.15) is 17.0 Å². The second-order valence-corrected chi connectivity index (χ2v) is 2.41. The molecule has 3 heteroatoms. The van der Waals surface area contributed by atoms with Crippen LogP contribution in [-0.2, 0) is 0 Å². The van der Waals surface area contributed by atoms with E-state index in [-0.39, 0.29) is 0 Å². The molecule has 0 amide bonds. The molecule has 8 heavy (non-hydrogen) atoms. The average Bonchev–Trinajstić information content (AvgIpc) is 1.83. The Hall–Kier alpha value is -0.200. The molecule has 1 N–H and O–H groups in total. The van der Waals surface area contributed by atoms with Crippen molar-refractivity contribution in [2.45, 2.75) is 12.5 Å². The van der Waals surface area contributed by atoms with Crippen LogP contribution in [0, 0.1) is 11.3 Å². The third-order valence-electron chi connectivity index (χ3n) is 0.744. The number of nitrogens with zero attached hydrogens (tertiary/aromatic N) is 1. The molecule has 0 aromatic carbocycles. The van der Waals surface area contributed by atoms with Crippen LogP contribution in [0.3, 0.4) is 0 Å². The lowest BCUT2D eigenvalue weighted by atomic mass is 10.3. The van der Waals surface area contributed by atoms with Gasteiger partial charge in [0.15, 0.2) is 0 Å². The molecule has 1 unspecified atom stereocenters. The summed E-state index contributed by atoms with van der Waals surface area (Å²) in [6.07, 6.45) is 1.77. The van der Waals surface area contributed by atoms with Crippen LogP contribution in [0.15, 0.2) is 0 Å². The summed E-state index contributed by atoms with van der Waals surface area (Å²) in [6.45, 7) is 0. The molecule has 0 spiro atoms. The quantitative estimate of drug-likeness (QED) is 0.571. The summed E-state index contributed by atoms with van der Waals surface area (Å²) in [5, 5.41) is 16.7. The van der Waals surface area contributed by atoms with Gasteiger partial charge in [0.2, 0.25) is 0 Å². The van der Waals surface area contributed by atoms with Crippen molar-refractivity contribution >= 4 is 11.8 Å². The molecule has 0 heterocycles. The van der Waals surface area contributed by atoms with Gasteiger partial charge < -0.3 is 5.11 Å². The van der Waals surface area contributed by atoms with Crippen molar-refractivity contribution in [1.29, 1.82) is 5.26 Å². The van der Waals surface area contributed by atoms with Gasteiger partial charge in [-0.25, -0.2) is 0 Å². The molecule has 0 aliphatic rings. The van der Waals surface area contributed by atoms with Gasteiger partial charge in [-0.1, -0.05) is 0 Å². The van der Waals surface area contributed by atoms with Gasteiger partial charge in [-0.05, 0) is 18.4 Å². The van der Waals surface area contributed by atoms with Gasteiger partial charge in [-0.3, -0.25) is 0 Å².